The van der Waals surface area contributed by atoms with Crippen LogP contribution < -0.4 is 9.44 Å². The minimum atomic E-state index is -4.17. The van der Waals surface area contributed by atoms with Gasteiger partial charge in [-0.05, 0) is 44.3 Å². The van der Waals surface area contributed by atoms with Crippen molar-refractivity contribution in [3.8, 4) is 0 Å². The van der Waals surface area contributed by atoms with E-state index in [1.54, 1.807) is 0 Å². The van der Waals surface area contributed by atoms with Gasteiger partial charge in [-0.25, -0.2) is 21.6 Å². The summed E-state index contributed by atoms with van der Waals surface area (Å²) in [5.74, 6) is 0. The molecular formula is C14H14ClN3O6S2. The van der Waals surface area contributed by atoms with Crippen LogP contribution in [0.5, 0.6) is 0 Å². The minimum absolute atomic E-state index is 0.0445. The molecule has 26 heavy (non-hydrogen) atoms. The van der Waals surface area contributed by atoms with Crippen molar-refractivity contribution in [1.82, 2.24) is 4.72 Å². The van der Waals surface area contributed by atoms with Gasteiger partial charge in [0.1, 0.15) is 0 Å². The highest BCUT2D eigenvalue weighted by Gasteiger charge is 2.23. The van der Waals surface area contributed by atoms with Crippen LogP contribution in [0.3, 0.4) is 0 Å². The second kappa shape index (κ2) is 7.19. The van der Waals surface area contributed by atoms with Gasteiger partial charge in [-0.3, -0.25) is 14.8 Å². The lowest BCUT2D eigenvalue weighted by Gasteiger charge is -2.10. The van der Waals surface area contributed by atoms with Crippen LogP contribution in [0.15, 0.2) is 46.2 Å². The topological polar surface area (TPSA) is 135 Å². The van der Waals surface area contributed by atoms with Crippen molar-refractivity contribution in [1.29, 1.82) is 0 Å². The van der Waals surface area contributed by atoms with Crippen LogP contribution in [0.2, 0.25) is 5.02 Å². The highest BCUT2D eigenvalue weighted by molar-refractivity contribution is 7.92. The third-order valence-electron chi connectivity index (χ3n) is 3.48. The molecule has 2 aromatic carbocycles. The van der Waals surface area contributed by atoms with Crippen LogP contribution >= 0.6 is 11.6 Å². The molecule has 0 bridgehead atoms. The molecule has 0 unspecified atom stereocenters. The van der Waals surface area contributed by atoms with Crippen molar-refractivity contribution in [3.05, 3.63) is 57.1 Å². The van der Waals surface area contributed by atoms with Gasteiger partial charge in [0.05, 0.1) is 19.7 Å². The molecular weight excluding hydrogens is 406 g/mol. The van der Waals surface area contributed by atoms with E-state index in [2.05, 4.69) is 9.44 Å². The van der Waals surface area contributed by atoms with Crippen molar-refractivity contribution in [2.24, 2.45) is 0 Å². The number of nitrogens with zero attached hydrogens (tertiary/aromatic N) is 1. The first-order valence-electron chi connectivity index (χ1n) is 6.99. The van der Waals surface area contributed by atoms with Crippen LogP contribution in [-0.4, -0.2) is 28.8 Å². The van der Waals surface area contributed by atoms with Gasteiger partial charge in [0, 0.05) is 17.3 Å². The van der Waals surface area contributed by atoms with E-state index in [0.717, 1.165) is 12.1 Å². The molecule has 140 valence electrons. The molecule has 0 aromatic heterocycles. The van der Waals surface area contributed by atoms with Gasteiger partial charge >= 0.3 is 0 Å². The third-order valence-corrected chi connectivity index (χ3v) is 6.67. The number of rotatable bonds is 6. The molecule has 0 spiro atoms. The van der Waals surface area contributed by atoms with Gasteiger partial charge in [0.25, 0.3) is 15.7 Å². The van der Waals surface area contributed by atoms with E-state index in [1.807, 2.05) is 0 Å². The highest BCUT2D eigenvalue weighted by atomic mass is 35.5. The number of hydrogen-bond acceptors (Lipinski definition) is 6. The molecule has 0 aliphatic heterocycles. The first kappa shape index (κ1) is 20.1. The number of nitro groups is 1. The molecule has 12 heteroatoms. The first-order chi connectivity index (χ1) is 12.0. The number of halogens is 1. The van der Waals surface area contributed by atoms with Crippen molar-refractivity contribution in [3.63, 3.8) is 0 Å². The third kappa shape index (κ3) is 4.12. The predicted molar refractivity (Wildman–Crippen MR) is 96.3 cm³/mol. The number of benzene rings is 2. The zero-order chi connectivity index (χ0) is 19.7. The average molecular weight is 420 g/mol. The Morgan fingerprint density at radius 2 is 1.58 bits per heavy atom. The lowest BCUT2D eigenvalue weighted by molar-refractivity contribution is -0.385. The van der Waals surface area contributed by atoms with Crippen LogP contribution in [0.25, 0.3) is 0 Å². The Hall–Kier alpha value is -2.21. The Morgan fingerprint density at radius 3 is 2.08 bits per heavy atom. The van der Waals surface area contributed by atoms with E-state index in [9.17, 15) is 26.9 Å². The molecule has 2 rings (SSSR count). The Balaban J connectivity index is 2.39. The Bertz CT molecular complexity index is 1070. The van der Waals surface area contributed by atoms with E-state index in [4.69, 9.17) is 11.6 Å². The number of anilines is 1. The van der Waals surface area contributed by atoms with E-state index in [0.29, 0.717) is 0 Å². The van der Waals surface area contributed by atoms with Crippen molar-refractivity contribution >= 4 is 43.0 Å². The molecule has 0 atom stereocenters. The van der Waals surface area contributed by atoms with Gasteiger partial charge in [0.2, 0.25) is 10.0 Å². The minimum Gasteiger partial charge on any atom is -0.280 e. The van der Waals surface area contributed by atoms with Gasteiger partial charge < -0.3 is 0 Å². The smallest absolute Gasteiger partial charge is 0.275 e. The largest absolute Gasteiger partial charge is 0.280 e. The maximum Gasteiger partial charge on any atom is 0.275 e. The number of hydrogen-bond donors (Lipinski definition) is 2. The van der Waals surface area contributed by atoms with Gasteiger partial charge in [-0.1, -0.05) is 11.6 Å². The lowest BCUT2D eigenvalue weighted by atomic mass is 10.2. The Labute approximate surface area is 155 Å². The van der Waals surface area contributed by atoms with Gasteiger partial charge in [-0.2, -0.15) is 0 Å². The zero-order valence-corrected chi connectivity index (χ0v) is 15.9. The lowest BCUT2D eigenvalue weighted by Crippen LogP contribution is -2.18. The fourth-order valence-corrected chi connectivity index (χ4v) is 4.13. The van der Waals surface area contributed by atoms with Crippen molar-refractivity contribution in [2.45, 2.75) is 16.7 Å². The molecule has 0 radical (unpaired) electrons. The summed E-state index contributed by atoms with van der Waals surface area (Å²) in [6.45, 7) is 1.41. The Morgan fingerprint density at radius 1 is 1.00 bits per heavy atom. The molecule has 0 fully saturated rings. The molecule has 0 aliphatic carbocycles. The SMILES string of the molecule is CNS(=O)(=O)c1ccc(NS(=O)(=O)c2cc(Cl)c(C)c([N+](=O)[O-])c2)cc1. The summed E-state index contributed by atoms with van der Waals surface area (Å²) >= 11 is 5.89. The molecule has 0 saturated carbocycles. The Kier molecular flexibility index (Phi) is 5.56. The normalized spacial score (nSPS) is 12.0. The van der Waals surface area contributed by atoms with E-state index >= 15 is 0 Å². The maximum absolute atomic E-state index is 12.5. The quantitative estimate of drug-likeness (QED) is 0.544. The molecule has 0 amide bonds. The van der Waals surface area contributed by atoms with Crippen LogP contribution in [0.1, 0.15) is 5.56 Å². The van der Waals surface area contributed by atoms with Crippen LogP contribution in [-0.2, 0) is 20.0 Å². The summed E-state index contributed by atoms with van der Waals surface area (Å²) in [6, 6.07) is 6.95. The van der Waals surface area contributed by atoms with Crippen LogP contribution in [0.4, 0.5) is 11.4 Å². The maximum atomic E-state index is 12.5. The fourth-order valence-electron chi connectivity index (χ4n) is 2.02. The van der Waals surface area contributed by atoms with Gasteiger partial charge in [-0.15, -0.1) is 0 Å². The zero-order valence-electron chi connectivity index (χ0n) is 13.6. The molecule has 2 aromatic rings. The summed E-state index contributed by atoms with van der Waals surface area (Å²) < 4.78 is 52.6. The summed E-state index contributed by atoms with van der Waals surface area (Å²) in [4.78, 5) is 9.89. The second-order valence-corrected chi connectivity index (χ2v) is 9.12. The number of nitrogens with one attached hydrogen (secondary N) is 2. The van der Waals surface area contributed by atoms with Crippen molar-refractivity contribution in [2.75, 3.05) is 11.8 Å². The van der Waals surface area contributed by atoms with Gasteiger partial charge in [0.15, 0.2) is 0 Å². The summed E-state index contributed by atoms with van der Waals surface area (Å²) in [6.07, 6.45) is 0. The van der Waals surface area contributed by atoms with E-state index < -0.39 is 30.7 Å². The highest BCUT2D eigenvalue weighted by Crippen LogP contribution is 2.30. The first-order valence-corrected chi connectivity index (χ1v) is 10.3. The fraction of sp³-hybridized carbons (Fsp3) is 0.143. The predicted octanol–water partition coefficient (Wildman–Crippen LogP) is 2.27. The summed E-state index contributed by atoms with van der Waals surface area (Å²) in [5, 5.41) is 11.0. The van der Waals surface area contributed by atoms with Crippen LogP contribution in [0, 0.1) is 17.0 Å². The van der Waals surface area contributed by atoms with E-state index in [-0.39, 0.29) is 26.1 Å². The monoisotopic (exact) mass is 419 g/mol. The summed E-state index contributed by atoms with van der Waals surface area (Å²) in [7, 11) is -6.57. The molecule has 0 saturated heterocycles. The number of sulfonamides is 2. The second-order valence-electron chi connectivity index (χ2n) is 5.14. The summed E-state index contributed by atoms with van der Waals surface area (Å²) in [5.41, 5.74) is -0.190. The van der Waals surface area contributed by atoms with Crippen molar-refractivity contribution < 1.29 is 21.8 Å². The van der Waals surface area contributed by atoms with E-state index in [1.165, 1.54) is 38.2 Å². The molecule has 2 N–H and O–H groups in total. The molecule has 0 aliphatic rings. The number of nitro benzene ring substituents is 1. The molecule has 0 heterocycles. The average Bonchev–Trinajstić information content (AvgIpc) is 2.56. The standard InChI is InChI=1S/C14H14ClN3O6S2/c1-9-13(15)7-12(8-14(9)18(19)20)26(23,24)17-10-3-5-11(6-4-10)25(21,22)16-2/h3-8,16-17H,1-2H3. The molecule has 9 nitrogen and oxygen atoms in total.